The van der Waals surface area contributed by atoms with Gasteiger partial charge in [-0.2, -0.15) is 0 Å². The Morgan fingerprint density at radius 2 is 2.06 bits per heavy atom. The minimum absolute atomic E-state index is 0.129. The van der Waals surface area contributed by atoms with E-state index in [-0.39, 0.29) is 5.88 Å². The van der Waals surface area contributed by atoms with E-state index >= 15 is 0 Å². The third kappa shape index (κ3) is 1.84. The van der Waals surface area contributed by atoms with Crippen LogP contribution in [0, 0.1) is 0 Å². The molecule has 2 aromatic heterocycles. The summed E-state index contributed by atoms with van der Waals surface area (Å²) in [6.07, 6.45) is 5.01. The Kier molecular flexibility index (Phi) is 2.53. The number of nitrogens with zero attached hydrogens (tertiary/aromatic N) is 2. The normalized spacial score (nSPS) is 11.3. The summed E-state index contributed by atoms with van der Waals surface area (Å²) in [6.45, 7) is 0. The number of aromatic amines is 1. The maximum atomic E-state index is 9.85. The highest BCUT2D eigenvalue weighted by Gasteiger charge is 2.07. The van der Waals surface area contributed by atoms with Crippen LogP contribution in [0.25, 0.3) is 10.9 Å². The van der Waals surface area contributed by atoms with Gasteiger partial charge in [0.1, 0.15) is 0 Å². The van der Waals surface area contributed by atoms with E-state index in [0.29, 0.717) is 5.56 Å². The second kappa shape index (κ2) is 4.33. The molecule has 4 nitrogen and oxygen atoms in total. The molecule has 3 aromatic rings. The molecular formula is C14H11N3O. The standard InChI is InChI=1S/C14H11N3O/c18-14-12(9-16-10-4-3-7-15-8-10)11-5-1-2-6-13(11)17-14/h1-9,17-18H. The van der Waals surface area contributed by atoms with Gasteiger partial charge >= 0.3 is 0 Å². The Labute approximate surface area is 104 Å². The van der Waals surface area contributed by atoms with Gasteiger partial charge in [-0.15, -0.1) is 0 Å². The van der Waals surface area contributed by atoms with Gasteiger partial charge in [0.15, 0.2) is 5.88 Å². The van der Waals surface area contributed by atoms with E-state index in [4.69, 9.17) is 0 Å². The number of pyridine rings is 1. The number of nitrogens with one attached hydrogen (secondary N) is 1. The van der Waals surface area contributed by atoms with E-state index < -0.39 is 0 Å². The Morgan fingerprint density at radius 1 is 1.17 bits per heavy atom. The fourth-order valence-corrected chi connectivity index (χ4v) is 1.85. The van der Waals surface area contributed by atoms with Crippen LogP contribution in [0.4, 0.5) is 5.69 Å². The van der Waals surface area contributed by atoms with Gasteiger partial charge < -0.3 is 10.1 Å². The number of benzene rings is 1. The van der Waals surface area contributed by atoms with Crippen molar-refractivity contribution in [2.75, 3.05) is 0 Å². The van der Waals surface area contributed by atoms with Gasteiger partial charge in [-0.3, -0.25) is 9.98 Å². The maximum absolute atomic E-state index is 9.85. The molecule has 0 fully saturated rings. The summed E-state index contributed by atoms with van der Waals surface area (Å²) in [4.78, 5) is 11.2. The molecule has 2 N–H and O–H groups in total. The number of aromatic nitrogens is 2. The molecule has 0 spiro atoms. The van der Waals surface area contributed by atoms with Crippen LogP contribution in [0.5, 0.6) is 5.88 Å². The number of aliphatic imine (C=N–C) groups is 1. The maximum Gasteiger partial charge on any atom is 0.198 e. The van der Waals surface area contributed by atoms with Gasteiger partial charge in [0.05, 0.1) is 17.4 Å². The van der Waals surface area contributed by atoms with E-state index in [1.54, 1.807) is 18.6 Å². The largest absolute Gasteiger partial charge is 0.494 e. The number of H-pyrrole nitrogens is 1. The van der Waals surface area contributed by atoms with Crippen LogP contribution < -0.4 is 0 Å². The first-order valence-corrected chi connectivity index (χ1v) is 5.58. The van der Waals surface area contributed by atoms with Crippen LogP contribution in [0.3, 0.4) is 0 Å². The van der Waals surface area contributed by atoms with Crippen molar-refractivity contribution in [3.8, 4) is 5.88 Å². The summed E-state index contributed by atoms with van der Waals surface area (Å²) in [7, 11) is 0. The lowest BCUT2D eigenvalue weighted by molar-refractivity contribution is 0.457. The molecule has 18 heavy (non-hydrogen) atoms. The summed E-state index contributed by atoms with van der Waals surface area (Å²) in [6, 6.07) is 11.4. The predicted octanol–water partition coefficient (Wildman–Crippen LogP) is 3.02. The topological polar surface area (TPSA) is 61.3 Å². The summed E-state index contributed by atoms with van der Waals surface area (Å²) in [5, 5.41) is 10.8. The summed E-state index contributed by atoms with van der Waals surface area (Å²) >= 11 is 0. The molecule has 88 valence electrons. The number of para-hydroxylation sites is 1. The van der Waals surface area contributed by atoms with Gasteiger partial charge in [-0.25, -0.2) is 0 Å². The first kappa shape index (κ1) is 10.5. The number of fused-ring (bicyclic) bond motifs is 1. The lowest BCUT2D eigenvalue weighted by Gasteiger charge is -1.93. The number of hydrogen-bond acceptors (Lipinski definition) is 3. The fourth-order valence-electron chi connectivity index (χ4n) is 1.85. The molecule has 0 amide bonds. The highest BCUT2D eigenvalue weighted by atomic mass is 16.3. The summed E-state index contributed by atoms with van der Waals surface area (Å²) in [5.41, 5.74) is 2.33. The number of aromatic hydroxyl groups is 1. The zero-order chi connectivity index (χ0) is 12.4. The van der Waals surface area contributed by atoms with Crippen molar-refractivity contribution in [1.29, 1.82) is 0 Å². The van der Waals surface area contributed by atoms with Crippen molar-refractivity contribution >= 4 is 22.8 Å². The highest BCUT2D eigenvalue weighted by molar-refractivity contribution is 6.02. The van der Waals surface area contributed by atoms with Crippen molar-refractivity contribution in [2.45, 2.75) is 0 Å². The average Bonchev–Trinajstić information content (AvgIpc) is 2.73. The second-order valence-electron chi connectivity index (χ2n) is 3.90. The minimum atomic E-state index is 0.129. The van der Waals surface area contributed by atoms with E-state index in [2.05, 4.69) is 15.0 Å². The van der Waals surface area contributed by atoms with Crippen LogP contribution in [-0.2, 0) is 0 Å². The molecule has 0 aliphatic heterocycles. The number of hydrogen-bond donors (Lipinski definition) is 2. The smallest absolute Gasteiger partial charge is 0.198 e. The number of rotatable bonds is 2. The Balaban J connectivity index is 2.05. The molecule has 0 radical (unpaired) electrons. The third-order valence-electron chi connectivity index (χ3n) is 2.71. The lowest BCUT2D eigenvalue weighted by Crippen LogP contribution is -1.79. The van der Waals surface area contributed by atoms with E-state index in [9.17, 15) is 5.11 Å². The van der Waals surface area contributed by atoms with Crippen molar-refractivity contribution in [3.63, 3.8) is 0 Å². The molecule has 4 heteroatoms. The molecule has 0 aliphatic carbocycles. The summed E-state index contributed by atoms with van der Waals surface area (Å²) in [5.74, 6) is 0.129. The highest BCUT2D eigenvalue weighted by Crippen LogP contribution is 2.25. The van der Waals surface area contributed by atoms with Crippen molar-refractivity contribution in [1.82, 2.24) is 9.97 Å². The summed E-state index contributed by atoms with van der Waals surface area (Å²) < 4.78 is 0. The van der Waals surface area contributed by atoms with Gasteiger partial charge in [0.25, 0.3) is 0 Å². The monoisotopic (exact) mass is 237 g/mol. The zero-order valence-corrected chi connectivity index (χ0v) is 9.54. The lowest BCUT2D eigenvalue weighted by atomic mass is 10.2. The van der Waals surface area contributed by atoms with Crippen molar-refractivity contribution in [2.24, 2.45) is 4.99 Å². The Hall–Kier alpha value is -2.62. The van der Waals surface area contributed by atoms with Crippen LogP contribution in [0.2, 0.25) is 0 Å². The van der Waals surface area contributed by atoms with Crippen LogP contribution in [0.15, 0.2) is 53.8 Å². The molecule has 3 rings (SSSR count). The molecule has 0 atom stereocenters. The van der Waals surface area contributed by atoms with Crippen molar-refractivity contribution in [3.05, 3.63) is 54.4 Å². The van der Waals surface area contributed by atoms with Crippen LogP contribution in [-0.4, -0.2) is 21.3 Å². The van der Waals surface area contributed by atoms with E-state index in [0.717, 1.165) is 16.6 Å². The Bertz CT molecular complexity index is 701. The van der Waals surface area contributed by atoms with E-state index in [1.165, 1.54) is 0 Å². The molecule has 0 unspecified atom stereocenters. The molecular weight excluding hydrogens is 226 g/mol. The molecule has 2 heterocycles. The SMILES string of the molecule is Oc1[nH]c2ccccc2c1C=Nc1cccnc1. The third-order valence-corrected chi connectivity index (χ3v) is 2.71. The average molecular weight is 237 g/mol. The van der Waals surface area contributed by atoms with E-state index in [1.807, 2.05) is 36.4 Å². The first-order valence-electron chi connectivity index (χ1n) is 5.58. The Morgan fingerprint density at radius 3 is 2.89 bits per heavy atom. The first-order chi connectivity index (χ1) is 8.84. The molecule has 1 aromatic carbocycles. The zero-order valence-electron chi connectivity index (χ0n) is 9.54. The van der Waals surface area contributed by atoms with Crippen LogP contribution >= 0.6 is 0 Å². The molecule has 0 saturated carbocycles. The van der Waals surface area contributed by atoms with Gasteiger partial charge in [0, 0.05) is 23.3 Å². The molecule has 0 bridgehead atoms. The fraction of sp³-hybridized carbons (Fsp3) is 0. The van der Waals surface area contributed by atoms with Gasteiger partial charge in [-0.1, -0.05) is 18.2 Å². The molecule has 0 aliphatic rings. The minimum Gasteiger partial charge on any atom is -0.494 e. The predicted molar refractivity (Wildman–Crippen MR) is 71.5 cm³/mol. The van der Waals surface area contributed by atoms with Crippen LogP contribution in [0.1, 0.15) is 5.56 Å². The second-order valence-corrected chi connectivity index (χ2v) is 3.90. The van der Waals surface area contributed by atoms with Gasteiger partial charge in [0.2, 0.25) is 0 Å². The molecule has 0 saturated heterocycles. The van der Waals surface area contributed by atoms with Crippen molar-refractivity contribution < 1.29 is 5.11 Å². The quantitative estimate of drug-likeness (QED) is 0.673. The van der Waals surface area contributed by atoms with Gasteiger partial charge in [-0.05, 0) is 18.2 Å².